The summed E-state index contributed by atoms with van der Waals surface area (Å²) in [4.78, 5) is 11.3. The summed E-state index contributed by atoms with van der Waals surface area (Å²) >= 11 is 0. The summed E-state index contributed by atoms with van der Waals surface area (Å²) in [7, 11) is -3.80. The molecule has 0 spiro atoms. The van der Waals surface area contributed by atoms with Gasteiger partial charge in [0, 0.05) is 5.56 Å². The van der Waals surface area contributed by atoms with Crippen LogP contribution in [0.25, 0.3) is 0 Å². The standard InChI is InChI=1S/C14H22N2O4S/c1-5-11(13(15)17)20-12-7-6-9(21(16,18)19)8-10(12)14(2,3)4/h6-8,11H,5H2,1-4H3,(H2,15,17)(H2,16,18,19). The minimum atomic E-state index is -3.80. The zero-order valence-corrected chi connectivity index (χ0v) is 13.5. The van der Waals surface area contributed by atoms with Crippen LogP contribution < -0.4 is 15.6 Å². The van der Waals surface area contributed by atoms with E-state index in [-0.39, 0.29) is 10.3 Å². The first-order valence-electron chi connectivity index (χ1n) is 6.60. The first-order valence-corrected chi connectivity index (χ1v) is 8.14. The summed E-state index contributed by atoms with van der Waals surface area (Å²) in [5.74, 6) is -0.131. The smallest absolute Gasteiger partial charge is 0.258 e. The average Bonchev–Trinajstić information content (AvgIpc) is 2.33. The zero-order valence-electron chi connectivity index (χ0n) is 12.7. The van der Waals surface area contributed by atoms with E-state index in [1.807, 2.05) is 20.8 Å². The lowest BCUT2D eigenvalue weighted by atomic mass is 9.86. The van der Waals surface area contributed by atoms with Crippen LogP contribution in [-0.2, 0) is 20.2 Å². The second-order valence-corrected chi connectivity index (χ2v) is 7.43. The lowest BCUT2D eigenvalue weighted by Gasteiger charge is -2.25. The van der Waals surface area contributed by atoms with Crippen LogP contribution in [0.2, 0.25) is 0 Å². The van der Waals surface area contributed by atoms with E-state index in [1.165, 1.54) is 18.2 Å². The third kappa shape index (κ3) is 4.44. The van der Waals surface area contributed by atoms with Crippen molar-refractivity contribution < 1.29 is 17.9 Å². The van der Waals surface area contributed by atoms with E-state index in [0.29, 0.717) is 17.7 Å². The van der Waals surface area contributed by atoms with Gasteiger partial charge in [-0.25, -0.2) is 13.6 Å². The van der Waals surface area contributed by atoms with Crippen LogP contribution in [0.3, 0.4) is 0 Å². The van der Waals surface area contributed by atoms with Crippen molar-refractivity contribution in [2.45, 2.75) is 50.5 Å². The fraction of sp³-hybridized carbons (Fsp3) is 0.500. The summed E-state index contributed by atoms with van der Waals surface area (Å²) in [6, 6.07) is 4.33. The molecule has 0 aliphatic carbocycles. The first-order chi connectivity index (χ1) is 9.46. The highest BCUT2D eigenvalue weighted by molar-refractivity contribution is 7.89. The Morgan fingerprint density at radius 2 is 1.90 bits per heavy atom. The number of sulfonamides is 1. The largest absolute Gasteiger partial charge is 0.480 e. The molecule has 1 amide bonds. The van der Waals surface area contributed by atoms with Gasteiger partial charge in [-0.1, -0.05) is 27.7 Å². The van der Waals surface area contributed by atoms with Gasteiger partial charge in [-0.05, 0) is 30.0 Å². The second-order valence-electron chi connectivity index (χ2n) is 5.87. The number of rotatable bonds is 5. The summed E-state index contributed by atoms with van der Waals surface area (Å²) in [6.45, 7) is 7.51. The Balaban J connectivity index is 3.36. The maximum atomic E-state index is 11.5. The van der Waals surface area contributed by atoms with E-state index in [4.69, 9.17) is 15.6 Å². The molecule has 0 fully saturated rings. The molecule has 1 aromatic carbocycles. The van der Waals surface area contributed by atoms with Gasteiger partial charge < -0.3 is 10.5 Å². The number of nitrogens with two attached hydrogens (primary N) is 2. The molecule has 1 rings (SSSR count). The van der Waals surface area contributed by atoms with E-state index >= 15 is 0 Å². The molecule has 7 heteroatoms. The van der Waals surface area contributed by atoms with Crippen molar-refractivity contribution in [3.8, 4) is 5.75 Å². The van der Waals surface area contributed by atoms with Crippen LogP contribution in [0.1, 0.15) is 39.7 Å². The van der Waals surface area contributed by atoms with E-state index < -0.39 is 22.0 Å². The highest BCUT2D eigenvalue weighted by Crippen LogP contribution is 2.33. The molecule has 0 aromatic heterocycles. The quantitative estimate of drug-likeness (QED) is 0.852. The van der Waals surface area contributed by atoms with Crippen LogP contribution in [-0.4, -0.2) is 20.4 Å². The van der Waals surface area contributed by atoms with Crippen LogP contribution in [0.4, 0.5) is 0 Å². The lowest BCUT2D eigenvalue weighted by molar-refractivity contribution is -0.124. The number of carbonyl (C=O) groups is 1. The molecule has 4 N–H and O–H groups in total. The fourth-order valence-corrected chi connectivity index (χ4v) is 2.41. The Bertz CT molecular complexity index is 633. The summed E-state index contributed by atoms with van der Waals surface area (Å²) < 4.78 is 28.6. The number of benzene rings is 1. The molecule has 1 atom stereocenters. The lowest BCUT2D eigenvalue weighted by Crippen LogP contribution is -2.33. The summed E-state index contributed by atoms with van der Waals surface area (Å²) in [5, 5.41) is 5.15. The van der Waals surface area contributed by atoms with Gasteiger partial charge in [-0.15, -0.1) is 0 Å². The van der Waals surface area contributed by atoms with Crippen molar-refractivity contribution in [1.29, 1.82) is 0 Å². The van der Waals surface area contributed by atoms with Gasteiger partial charge in [0.1, 0.15) is 5.75 Å². The third-order valence-electron chi connectivity index (χ3n) is 3.04. The van der Waals surface area contributed by atoms with Crippen molar-refractivity contribution >= 4 is 15.9 Å². The molecule has 1 aromatic rings. The fourth-order valence-electron chi connectivity index (χ4n) is 1.87. The third-order valence-corrected chi connectivity index (χ3v) is 3.96. The molecule has 0 saturated carbocycles. The van der Waals surface area contributed by atoms with Crippen LogP contribution in [0.15, 0.2) is 23.1 Å². The van der Waals surface area contributed by atoms with Crippen LogP contribution in [0.5, 0.6) is 5.75 Å². The monoisotopic (exact) mass is 314 g/mol. The summed E-state index contributed by atoms with van der Waals surface area (Å²) in [5.41, 5.74) is 5.54. The number of carbonyl (C=O) groups excluding carboxylic acids is 1. The predicted molar refractivity (Wildman–Crippen MR) is 80.4 cm³/mol. The average molecular weight is 314 g/mol. The van der Waals surface area contributed by atoms with Crippen molar-refractivity contribution in [3.63, 3.8) is 0 Å². The maximum Gasteiger partial charge on any atom is 0.258 e. The Labute approximate surface area is 125 Å². The number of hydrogen-bond donors (Lipinski definition) is 2. The van der Waals surface area contributed by atoms with Crippen LogP contribution in [0, 0.1) is 0 Å². The molecular formula is C14H22N2O4S. The van der Waals surface area contributed by atoms with Gasteiger partial charge in [-0.3, -0.25) is 4.79 Å². The van der Waals surface area contributed by atoms with Crippen molar-refractivity contribution in [2.75, 3.05) is 0 Å². The molecule has 6 nitrogen and oxygen atoms in total. The predicted octanol–water partition coefficient (Wildman–Crippen LogP) is 1.27. The molecule has 21 heavy (non-hydrogen) atoms. The molecule has 0 bridgehead atoms. The van der Waals surface area contributed by atoms with E-state index in [2.05, 4.69) is 0 Å². The molecule has 0 heterocycles. The minimum Gasteiger partial charge on any atom is -0.480 e. The molecule has 0 saturated heterocycles. The Morgan fingerprint density at radius 1 is 1.33 bits per heavy atom. The topological polar surface area (TPSA) is 112 Å². The first kappa shape index (κ1) is 17.5. The SMILES string of the molecule is CCC(Oc1ccc(S(N)(=O)=O)cc1C(C)(C)C)C(N)=O. The van der Waals surface area contributed by atoms with E-state index in [0.717, 1.165) is 0 Å². The number of primary sulfonamides is 1. The normalized spacial score (nSPS) is 13.8. The van der Waals surface area contributed by atoms with Gasteiger partial charge in [0.2, 0.25) is 10.0 Å². The van der Waals surface area contributed by atoms with Gasteiger partial charge in [0.05, 0.1) is 4.90 Å². The highest BCUT2D eigenvalue weighted by atomic mass is 32.2. The molecule has 0 radical (unpaired) electrons. The maximum absolute atomic E-state index is 11.5. The Hall–Kier alpha value is -1.60. The van der Waals surface area contributed by atoms with Gasteiger partial charge in [0.25, 0.3) is 5.91 Å². The van der Waals surface area contributed by atoms with Gasteiger partial charge >= 0.3 is 0 Å². The number of amides is 1. The Morgan fingerprint density at radius 3 is 2.29 bits per heavy atom. The van der Waals surface area contributed by atoms with E-state index in [1.54, 1.807) is 6.92 Å². The van der Waals surface area contributed by atoms with Crippen molar-refractivity contribution in [2.24, 2.45) is 10.9 Å². The number of hydrogen-bond acceptors (Lipinski definition) is 4. The zero-order chi connectivity index (χ0) is 16.4. The van der Waals surface area contributed by atoms with Crippen molar-refractivity contribution in [1.82, 2.24) is 0 Å². The summed E-state index contributed by atoms with van der Waals surface area (Å²) in [6.07, 6.45) is -0.331. The number of primary amides is 1. The van der Waals surface area contributed by atoms with Gasteiger partial charge in [0.15, 0.2) is 6.10 Å². The molecule has 1 unspecified atom stereocenters. The van der Waals surface area contributed by atoms with Crippen LogP contribution >= 0.6 is 0 Å². The highest BCUT2D eigenvalue weighted by Gasteiger charge is 2.24. The molecule has 0 aliphatic rings. The molecular weight excluding hydrogens is 292 g/mol. The van der Waals surface area contributed by atoms with E-state index in [9.17, 15) is 13.2 Å². The molecule has 118 valence electrons. The minimum absolute atomic E-state index is 0.00639. The van der Waals surface area contributed by atoms with Gasteiger partial charge in [-0.2, -0.15) is 0 Å². The number of ether oxygens (including phenoxy) is 1. The molecule has 0 aliphatic heterocycles. The Kier molecular flexibility index (Phi) is 5.01. The van der Waals surface area contributed by atoms with Crippen molar-refractivity contribution in [3.05, 3.63) is 23.8 Å². The second kappa shape index (κ2) is 6.03.